The van der Waals surface area contributed by atoms with Crippen molar-refractivity contribution < 1.29 is 9.47 Å². The van der Waals surface area contributed by atoms with Crippen molar-refractivity contribution >= 4 is 17.2 Å². The summed E-state index contributed by atoms with van der Waals surface area (Å²) in [6, 6.07) is 10.5. The van der Waals surface area contributed by atoms with Crippen LogP contribution in [0, 0.1) is 6.92 Å². The molecule has 1 aliphatic heterocycles. The third-order valence-electron chi connectivity index (χ3n) is 5.16. The van der Waals surface area contributed by atoms with Gasteiger partial charge in [0, 0.05) is 44.0 Å². The molecule has 0 radical (unpaired) electrons. The van der Waals surface area contributed by atoms with Crippen LogP contribution in [0.2, 0.25) is 0 Å². The predicted molar refractivity (Wildman–Crippen MR) is 124 cm³/mol. The minimum Gasteiger partial charge on any atom is -0.465 e. The van der Waals surface area contributed by atoms with Crippen LogP contribution in [-0.2, 0) is 4.74 Å². The molecule has 0 bridgehead atoms. The second-order valence-corrected chi connectivity index (χ2v) is 8.09. The molecular formula is C23H29N7O2. The first-order chi connectivity index (χ1) is 15.5. The van der Waals surface area contributed by atoms with Gasteiger partial charge in [-0.2, -0.15) is 0 Å². The van der Waals surface area contributed by atoms with Crippen LogP contribution in [0.15, 0.2) is 42.7 Å². The molecule has 1 aliphatic rings. The van der Waals surface area contributed by atoms with Gasteiger partial charge in [0.2, 0.25) is 0 Å². The van der Waals surface area contributed by atoms with Crippen LogP contribution in [-0.4, -0.2) is 59.2 Å². The quantitative estimate of drug-likeness (QED) is 0.542. The lowest BCUT2D eigenvalue weighted by atomic mass is 10.1. The molecule has 32 heavy (non-hydrogen) atoms. The van der Waals surface area contributed by atoms with E-state index in [0.717, 1.165) is 36.0 Å². The molecule has 9 heteroatoms. The Kier molecular flexibility index (Phi) is 6.77. The molecule has 0 saturated carbocycles. The van der Waals surface area contributed by atoms with Crippen molar-refractivity contribution in [2.45, 2.75) is 32.9 Å². The first-order valence-electron chi connectivity index (χ1n) is 10.7. The number of nitrogens with zero attached hydrogens (tertiary/aromatic N) is 5. The fourth-order valence-corrected chi connectivity index (χ4v) is 3.78. The normalized spacial score (nSPS) is 18.4. The number of hydrogen-bond acceptors (Lipinski definition) is 9. The third kappa shape index (κ3) is 5.30. The summed E-state index contributed by atoms with van der Waals surface area (Å²) in [7, 11) is 1.58. The van der Waals surface area contributed by atoms with E-state index in [1.165, 1.54) is 0 Å². The zero-order valence-electron chi connectivity index (χ0n) is 18.9. The monoisotopic (exact) mass is 435 g/mol. The molecule has 0 unspecified atom stereocenters. The van der Waals surface area contributed by atoms with Crippen LogP contribution in [0.5, 0.6) is 5.75 Å². The molecule has 3 aromatic rings. The van der Waals surface area contributed by atoms with Crippen LogP contribution >= 0.6 is 0 Å². The largest absolute Gasteiger partial charge is 0.465 e. The highest BCUT2D eigenvalue weighted by Gasteiger charge is 2.22. The number of pyridine rings is 2. The number of nitrogens with one attached hydrogen (secondary N) is 2. The third-order valence-corrected chi connectivity index (χ3v) is 5.16. The van der Waals surface area contributed by atoms with Crippen LogP contribution < -0.4 is 20.3 Å². The number of ether oxygens (including phenoxy) is 2. The van der Waals surface area contributed by atoms with Gasteiger partial charge in [-0.15, -0.1) is 10.2 Å². The van der Waals surface area contributed by atoms with Crippen molar-refractivity contribution in [1.82, 2.24) is 25.5 Å². The van der Waals surface area contributed by atoms with Crippen molar-refractivity contribution in [2.24, 2.45) is 0 Å². The van der Waals surface area contributed by atoms with Crippen molar-refractivity contribution in [3.63, 3.8) is 0 Å². The zero-order chi connectivity index (χ0) is 22.5. The molecule has 2 N–H and O–H groups in total. The number of hydrogen-bond donors (Lipinski definition) is 2. The number of piperazine rings is 1. The van der Waals surface area contributed by atoms with E-state index in [9.17, 15) is 0 Å². The van der Waals surface area contributed by atoms with Gasteiger partial charge in [0.05, 0.1) is 23.8 Å². The SMILES string of the molecule is COCOc1cc(Nc2ccc(C)nc2)cnc1-c1ccc(N2C[C@@H](C)N[C@@H](C)C2)nn1. The van der Waals surface area contributed by atoms with E-state index in [-0.39, 0.29) is 6.79 Å². The Bertz CT molecular complexity index is 1020. The average Bonchev–Trinajstić information content (AvgIpc) is 2.79. The molecule has 4 heterocycles. The molecule has 4 rings (SSSR count). The fraction of sp³-hybridized carbons (Fsp3) is 0.391. The smallest absolute Gasteiger partial charge is 0.188 e. The van der Waals surface area contributed by atoms with Gasteiger partial charge in [0.15, 0.2) is 18.4 Å². The highest BCUT2D eigenvalue weighted by atomic mass is 16.7. The van der Waals surface area contributed by atoms with E-state index in [2.05, 4.69) is 49.5 Å². The van der Waals surface area contributed by atoms with Gasteiger partial charge in [-0.1, -0.05) is 0 Å². The highest BCUT2D eigenvalue weighted by Crippen LogP contribution is 2.31. The summed E-state index contributed by atoms with van der Waals surface area (Å²) >= 11 is 0. The summed E-state index contributed by atoms with van der Waals surface area (Å²) < 4.78 is 10.9. The standard InChI is InChI=1S/C23H29N7O2/c1-15-5-6-18(10-24-15)27-19-9-21(32-14-31-4)23(25-11-19)20-7-8-22(29-28-20)30-12-16(2)26-17(3)13-30/h5-11,16-17,26-27H,12-14H2,1-4H3/t16-,17+. The van der Waals surface area contributed by atoms with Crippen molar-refractivity contribution in [2.75, 3.05) is 37.2 Å². The topological polar surface area (TPSA) is 97.3 Å². The molecule has 0 aliphatic carbocycles. The Morgan fingerprint density at radius 2 is 1.81 bits per heavy atom. The second-order valence-electron chi connectivity index (χ2n) is 8.09. The Morgan fingerprint density at radius 1 is 1.03 bits per heavy atom. The predicted octanol–water partition coefficient (Wildman–Crippen LogP) is 3.15. The van der Waals surface area contributed by atoms with Gasteiger partial charge in [0.25, 0.3) is 0 Å². The second kappa shape index (κ2) is 9.88. The molecule has 2 atom stereocenters. The number of rotatable bonds is 7. The van der Waals surface area contributed by atoms with Gasteiger partial charge < -0.3 is 25.0 Å². The van der Waals surface area contributed by atoms with E-state index in [4.69, 9.17) is 9.47 Å². The summed E-state index contributed by atoms with van der Waals surface area (Å²) in [4.78, 5) is 11.2. The average molecular weight is 436 g/mol. The highest BCUT2D eigenvalue weighted by molar-refractivity contribution is 5.68. The Labute approximate surface area is 188 Å². The lowest BCUT2D eigenvalue weighted by Crippen LogP contribution is -2.54. The van der Waals surface area contributed by atoms with E-state index in [1.807, 2.05) is 37.3 Å². The van der Waals surface area contributed by atoms with E-state index < -0.39 is 0 Å². The molecule has 0 aromatic carbocycles. The van der Waals surface area contributed by atoms with Crippen molar-refractivity contribution in [1.29, 1.82) is 0 Å². The number of methoxy groups -OCH3 is 1. The van der Waals surface area contributed by atoms with Gasteiger partial charge in [-0.3, -0.25) is 4.98 Å². The maximum Gasteiger partial charge on any atom is 0.188 e. The number of aryl methyl sites for hydroxylation is 1. The van der Waals surface area contributed by atoms with E-state index >= 15 is 0 Å². The Balaban J connectivity index is 1.56. The first-order valence-corrected chi connectivity index (χ1v) is 10.7. The molecule has 168 valence electrons. The number of aromatic nitrogens is 4. The van der Waals surface area contributed by atoms with Gasteiger partial charge >= 0.3 is 0 Å². The molecular weight excluding hydrogens is 406 g/mol. The fourth-order valence-electron chi connectivity index (χ4n) is 3.78. The number of anilines is 3. The van der Waals surface area contributed by atoms with Gasteiger partial charge in [-0.25, -0.2) is 4.98 Å². The van der Waals surface area contributed by atoms with Crippen molar-refractivity contribution in [3.8, 4) is 17.1 Å². The summed E-state index contributed by atoms with van der Waals surface area (Å²) in [5, 5.41) is 15.7. The molecule has 1 fully saturated rings. The minimum atomic E-state index is 0.103. The molecule has 1 saturated heterocycles. The molecule has 0 amide bonds. The summed E-state index contributed by atoms with van der Waals surface area (Å²) in [6.07, 6.45) is 3.52. The maximum absolute atomic E-state index is 5.79. The maximum atomic E-state index is 5.79. The van der Waals surface area contributed by atoms with E-state index in [1.54, 1.807) is 19.5 Å². The van der Waals surface area contributed by atoms with Crippen molar-refractivity contribution in [3.05, 3.63) is 48.4 Å². The zero-order valence-corrected chi connectivity index (χ0v) is 18.9. The Hall–Kier alpha value is -3.30. The summed E-state index contributed by atoms with van der Waals surface area (Å²) in [6.45, 7) is 8.20. The van der Waals surface area contributed by atoms with Crippen LogP contribution in [0.1, 0.15) is 19.5 Å². The van der Waals surface area contributed by atoms with Crippen LogP contribution in [0.3, 0.4) is 0 Å². The molecule has 3 aromatic heterocycles. The lowest BCUT2D eigenvalue weighted by molar-refractivity contribution is 0.0513. The summed E-state index contributed by atoms with van der Waals surface area (Å²) in [5.41, 5.74) is 3.85. The van der Waals surface area contributed by atoms with Gasteiger partial charge in [0.1, 0.15) is 11.4 Å². The van der Waals surface area contributed by atoms with Crippen LogP contribution in [0.25, 0.3) is 11.4 Å². The first kappa shape index (κ1) is 21.9. The molecule has 9 nitrogen and oxygen atoms in total. The summed E-state index contributed by atoms with van der Waals surface area (Å²) in [5.74, 6) is 1.42. The lowest BCUT2D eigenvalue weighted by Gasteiger charge is -2.36. The Morgan fingerprint density at radius 3 is 2.47 bits per heavy atom. The van der Waals surface area contributed by atoms with E-state index in [0.29, 0.717) is 29.2 Å². The van der Waals surface area contributed by atoms with Gasteiger partial charge in [-0.05, 0) is 45.0 Å². The molecule has 0 spiro atoms. The van der Waals surface area contributed by atoms with Crippen LogP contribution in [0.4, 0.5) is 17.2 Å². The minimum absolute atomic E-state index is 0.103.